The molecular formula is C26H35NO. The molecule has 0 fully saturated rings. The zero-order valence-electron chi connectivity index (χ0n) is 18.1. The van der Waals surface area contributed by atoms with E-state index in [0.717, 1.165) is 25.2 Å². The number of hydrogen-bond acceptors (Lipinski definition) is 2. The van der Waals surface area contributed by atoms with Gasteiger partial charge in [-0.2, -0.15) is 0 Å². The highest BCUT2D eigenvalue weighted by Crippen LogP contribution is 2.13. The van der Waals surface area contributed by atoms with Crippen molar-refractivity contribution in [2.75, 3.05) is 26.8 Å². The van der Waals surface area contributed by atoms with Gasteiger partial charge in [0.2, 0.25) is 0 Å². The van der Waals surface area contributed by atoms with Crippen molar-refractivity contribution < 1.29 is 4.74 Å². The van der Waals surface area contributed by atoms with E-state index in [1.807, 2.05) is 52.0 Å². The Labute approximate surface area is 173 Å². The van der Waals surface area contributed by atoms with Gasteiger partial charge in [-0.25, -0.2) is 0 Å². The van der Waals surface area contributed by atoms with Gasteiger partial charge < -0.3 is 4.74 Å². The van der Waals surface area contributed by atoms with Gasteiger partial charge in [-0.1, -0.05) is 82.0 Å². The number of benzene rings is 1. The van der Waals surface area contributed by atoms with Crippen molar-refractivity contribution in [1.82, 2.24) is 4.90 Å². The minimum Gasteiger partial charge on any atom is -0.383 e. The quantitative estimate of drug-likeness (QED) is 0.584. The van der Waals surface area contributed by atoms with Crippen LogP contribution >= 0.6 is 0 Å². The van der Waals surface area contributed by atoms with Crippen LogP contribution in [0.25, 0.3) is 0 Å². The molecule has 0 spiro atoms. The SMILES string of the molecule is C#Cc1ccc(CN(CCOC)CC2=CC=CC(C#C)C=C2)cc1.CC.CC. The fourth-order valence-electron chi connectivity index (χ4n) is 2.52. The van der Waals surface area contributed by atoms with Crippen LogP contribution in [0.4, 0.5) is 0 Å². The predicted molar refractivity (Wildman–Crippen MR) is 123 cm³/mol. The number of hydrogen-bond donors (Lipinski definition) is 0. The molecule has 28 heavy (non-hydrogen) atoms. The summed E-state index contributed by atoms with van der Waals surface area (Å²) in [5.74, 6) is 5.47. The minimum atomic E-state index is 0.0717. The molecule has 150 valence electrons. The van der Waals surface area contributed by atoms with Gasteiger partial charge in [-0.05, 0) is 23.3 Å². The Morgan fingerprint density at radius 2 is 1.68 bits per heavy atom. The van der Waals surface area contributed by atoms with Gasteiger partial charge >= 0.3 is 0 Å². The first-order chi connectivity index (χ1) is 13.7. The Bertz CT molecular complexity index is 695. The van der Waals surface area contributed by atoms with E-state index < -0.39 is 0 Å². The molecule has 0 aromatic heterocycles. The summed E-state index contributed by atoms with van der Waals surface area (Å²) >= 11 is 0. The zero-order chi connectivity index (χ0) is 21.2. The smallest absolute Gasteiger partial charge is 0.0589 e. The maximum atomic E-state index is 5.49. The standard InChI is InChI=1S/C22H23NO.2C2H6/c1-4-19-7-6-8-21(12-9-19)17-23(15-16-24-3)18-22-13-10-20(5-2)11-14-22;2*1-2/h1-2,6-14,19H,15-18H2,3H3;2*1-2H3. The van der Waals surface area contributed by atoms with Gasteiger partial charge in [0.1, 0.15) is 0 Å². The lowest BCUT2D eigenvalue weighted by Gasteiger charge is -2.22. The Hall–Kier alpha value is -2.52. The summed E-state index contributed by atoms with van der Waals surface area (Å²) in [5.41, 5.74) is 3.38. The molecule has 2 nitrogen and oxygen atoms in total. The molecule has 0 N–H and O–H groups in total. The monoisotopic (exact) mass is 377 g/mol. The third-order valence-corrected chi connectivity index (χ3v) is 3.88. The number of nitrogens with zero attached hydrogens (tertiary/aromatic N) is 1. The number of methoxy groups -OCH3 is 1. The molecule has 2 heteroatoms. The van der Waals surface area contributed by atoms with Crippen molar-refractivity contribution in [3.05, 3.63) is 71.3 Å². The highest BCUT2D eigenvalue weighted by atomic mass is 16.5. The van der Waals surface area contributed by atoms with E-state index in [4.69, 9.17) is 17.6 Å². The van der Waals surface area contributed by atoms with Crippen molar-refractivity contribution in [2.45, 2.75) is 34.2 Å². The Balaban J connectivity index is 0.00000171. The van der Waals surface area contributed by atoms with Crippen LogP contribution in [0.2, 0.25) is 0 Å². The van der Waals surface area contributed by atoms with E-state index in [-0.39, 0.29) is 5.92 Å². The Kier molecular flexibility index (Phi) is 15.1. The average Bonchev–Trinajstić information content (AvgIpc) is 3.00. The van der Waals surface area contributed by atoms with Crippen LogP contribution < -0.4 is 0 Å². The van der Waals surface area contributed by atoms with Crippen LogP contribution in [-0.4, -0.2) is 31.7 Å². The van der Waals surface area contributed by atoms with E-state index in [1.165, 1.54) is 11.1 Å². The minimum absolute atomic E-state index is 0.0717. The Morgan fingerprint density at radius 1 is 1.00 bits per heavy atom. The molecule has 0 saturated carbocycles. The molecule has 1 unspecified atom stereocenters. The molecule has 1 aliphatic rings. The zero-order valence-corrected chi connectivity index (χ0v) is 18.1. The van der Waals surface area contributed by atoms with E-state index in [0.29, 0.717) is 6.61 Å². The lowest BCUT2D eigenvalue weighted by atomic mass is 10.1. The summed E-state index contributed by atoms with van der Waals surface area (Å²) in [5, 5.41) is 0. The maximum Gasteiger partial charge on any atom is 0.0589 e. The van der Waals surface area contributed by atoms with Gasteiger partial charge in [0.25, 0.3) is 0 Å². The van der Waals surface area contributed by atoms with Crippen molar-refractivity contribution in [2.24, 2.45) is 5.92 Å². The molecule has 0 heterocycles. The van der Waals surface area contributed by atoms with Crippen LogP contribution in [0.3, 0.4) is 0 Å². The second-order valence-corrected chi connectivity index (χ2v) is 5.72. The molecular weight excluding hydrogens is 342 g/mol. The van der Waals surface area contributed by atoms with E-state index in [1.54, 1.807) is 7.11 Å². The van der Waals surface area contributed by atoms with E-state index >= 15 is 0 Å². The molecule has 0 aliphatic heterocycles. The summed E-state index contributed by atoms with van der Waals surface area (Å²) in [7, 11) is 1.73. The van der Waals surface area contributed by atoms with Crippen LogP contribution in [0, 0.1) is 30.6 Å². The van der Waals surface area contributed by atoms with Gasteiger partial charge in [-0.3, -0.25) is 4.90 Å². The highest BCUT2D eigenvalue weighted by Gasteiger charge is 2.09. The molecule has 0 bridgehead atoms. The fourth-order valence-corrected chi connectivity index (χ4v) is 2.52. The summed E-state index contributed by atoms with van der Waals surface area (Å²) in [4.78, 5) is 2.36. The van der Waals surface area contributed by atoms with E-state index in [9.17, 15) is 0 Å². The molecule has 0 radical (unpaired) electrons. The summed E-state index contributed by atoms with van der Waals surface area (Å²) in [6, 6.07) is 8.13. The van der Waals surface area contributed by atoms with Crippen LogP contribution in [0.5, 0.6) is 0 Å². The second kappa shape index (κ2) is 16.6. The number of allylic oxidation sites excluding steroid dienone is 4. The number of terminal acetylenes is 2. The Morgan fingerprint density at radius 3 is 2.25 bits per heavy atom. The van der Waals surface area contributed by atoms with Crippen molar-refractivity contribution >= 4 is 0 Å². The maximum absolute atomic E-state index is 5.49. The molecule has 2 rings (SSSR count). The third kappa shape index (κ3) is 9.98. The summed E-state index contributed by atoms with van der Waals surface area (Å²) in [6.07, 6.45) is 21.3. The molecule has 1 aliphatic carbocycles. The van der Waals surface area contributed by atoms with Gasteiger partial charge in [-0.15, -0.1) is 12.8 Å². The molecule has 1 aromatic carbocycles. The van der Waals surface area contributed by atoms with Gasteiger partial charge in [0.05, 0.1) is 12.5 Å². The summed E-state index contributed by atoms with van der Waals surface area (Å²) in [6.45, 7) is 11.3. The van der Waals surface area contributed by atoms with E-state index in [2.05, 4.69) is 47.1 Å². The third-order valence-electron chi connectivity index (χ3n) is 3.88. The topological polar surface area (TPSA) is 12.5 Å². The molecule has 0 saturated heterocycles. The largest absolute Gasteiger partial charge is 0.383 e. The number of rotatable bonds is 7. The first-order valence-electron chi connectivity index (χ1n) is 10.0. The first kappa shape index (κ1) is 25.5. The van der Waals surface area contributed by atoms with Crippen LogP contribution in [0.1, 0.15) is 38.8 Å². The average molecular weight is 378 g/mol. The lowest BCUT2D eigenvalue weighted by molar-refractivity contribution is 0.150. The highest BCUT2D eigenvalue weighted by molar-refractivity contribution is 5.35. The summed E-state index contributed by atoms with van der Waals surface area (Å²) < 4.78 is 5.25. The lowest BCUT2D eigenvalue weighted by Crippen LogP contribution is -2.28. The van der Waals surface area contributed by atoms with Gasteiger partial charge in [0.15, 0.2) is 0 Å². The fraction of sp³-hybridized carbons (Fsp3) is 0.385. The number of ether oxygens (including phenoxy) is 1. The van der Waals surface area contributed by atoms with Crippen LogP contribution in [-0.2, 0) is 11.3 Å². The molecule has 1 aromatic rings. The van der Waals surface area contributed by atoms with Gasteiger partial charge in [0, 0.05) is 32.3 Å². The molecule has 0 amide bonds. The first-order valence-corrected chi connectivity index (χ1v) is 10.0. The predicted octanol–water partition coefficient (Wildman–Crippen LogP) is 5.47. The van der Waals surface area contributed by atoms with Crippen molar-refractivity contribution in [1.29, 1.82) is 0 Å². The van der Waals surface area contributed by atoms with Crippen LogP contribution in [0.15, 0.2) is 60.2 Å². The van der Waals surface area contributed by atoms with Crippen molar-refractivity contribution in [3.63, 3.8) is 0 Å². The normalized spacial score (nSPS) is 14.4. The second-order valence-electron chi connectivity index (χ2n) is 5.72. The van der Waals surface area contributed by atoms with Crippen molar-refractivity contribution in [3.8, 4) is 24.7 Å². The molecule has 1 atom stereocenters.